The second kappa shape index (κ2) is 6.65. The van der Waals surface area contributed by atoms with Crippen LogP contribution in [-0.2, 0) is 6.54 Å². The van der Waals surface area contributed by atoms with Gasteiger partial charge in [-0.2, -0.15) is 0 Å². The average Bonchev–Trinajstić information content (AvgIpc) is 2.66. The van der Waals surface area contributed by atoms with Crippen molar-refractivity contribution in [3.63, 3.8) is 0 Å². The van der Waals surface area contributed by atoms with Crippen LogP contribution in [0.5, 0.6) is 0 Å². The lowest BCUT2D eigenvalue weighted by atomic mass is 10.0. The molecule has 3 aromatic carbocycles. The Morgan fingerprint density at radius 3 is 2.36 bits per heavy atom. The van der Waals surface area contributed by atoms with E-state index >= 15 is 0 Å². The zero-order valence-corrected chi connectivity index (χ0v) is 15.0. The molecular weight excluding hydrogens is 376 g/mol. The predicted octanol–water partition coefficient (Wildman–Crippen LogP) is 4.87. The molecular formula is C21H15BrN2O. The molecule has 0 fully saturated rings. The van der Waals surface area contributed by atoms with Gasteiger partial charge in [0.2, 0.25) is 0 Å². The van der Waals surface area contributed by atoms with Crippen LogP contribution in [0.25, 0.3) is 22.0 Å². The monoisotopic (exact) mass is 390 g/mol. The lowest BCUT2D eigenvalue weighted by Crippen LogP contribution is -2.21. The van der Waals surface area contributed by atoms with E-state index in [0.29, 0.717) is 17.4 Å². The van der Waals surface area contributed by atoms with Crippen LogP contribution < -0.4 is 5.56 Å². The Labute approximate surface area is 153 Å². The summed E-state index contributed by atoms with van der Waals surface area (Å²) in [5.74, 6) is 0. The first-order valence-electron chi connectivity index (χ1n) is 8.00. The summed E-state index contributed by atoms with van der Waals surface area (Å²) in [4.78, 5) is 17.1. The summed E-state index contributed by atoms with van der Waals surface area (Å²) in [5, 5.41) is 0.623. The number of halogens is 1. The SMILES string of the molecule is O=c1c2cc(Br)ccc2ncn1Cc1ccc(-c2ccccc2)cc1. The molecule has 0 bridgehead atoms. The molecule has 1 aromatic heterocycles. The molecule has 0 aliphatic rings. The van der Waals surface area contributed by atoms with E-state index < -0.39 is 0 Å². The molecule has 4 rings (SSSR count). The summed E-state index contributed by atoms with van der Waals surface area (Å²) in [5.41, 5.74) is 4.10. The highest BCUT2D eigenvalue weighted by Crippen LogP contribution is 2.20. The van der Waals surface area contributed by atoms with Crippen molar-refractivity contribution >= 4 is 26.8 Å². The van der Waals surface area contributed by atoms with Crippen LogP contribution in [0, 0.1) is 0 Å². The van der Waals surface area contributed by atoms with Crippen LogP contribution in [0.3, 0.4) is 0 Å². The molecule has 0 N–H and O–H groups in total. The van der Waals surface area contributed by atoms with E-state index in [4.69, 9.17) is 0 Å². The third-order valence-corrected chi connectivity index (χ3v) is 4.69. The van der Waals surface area contributed by atoms with Crippen molar-refractivity contribution in [1.29, 1.82) is 0 Å². The van der Waals surface area contributed by atoms with Gasteiger partial charge in [-0.15, -0.1) is 0 Å². The van der Waals surface area contributed by atoms with Gasteiger partial charge in [0.25, 0.3) is 5.56 Å². The van der Waals surface area contributed by atoms with Gasteiger partial charge in [-0.1, -0.05) is 70.5 Å². The topological polar surface area (TPSA) is 34.9 Å². The number of fused-ring (bicyclic) bond motifs is 1. The number of benzene rings is 3. The normalized spacial score (nSPS) is 10.9. The first-order valence-corrected chi connectivity index (χ1v) is 8.79. The summed E-state index contributed by atoms with van der Waals surface area (Å²) < 4.78 is 2.52. The summed E-state index contributed by atoms with van der Waals surface area (Å²) in [7, 11) is 0. The van der Waals surface area contributed by atoms with Gasteiger partial charge in [-0.05, 0) is 34.9 Å². The highest BCUT2D eigenvalue weighted by atomic mass is 79.9. The Kier molecular flexibility index (Phi) is 4.20. The van der Waals surface area contributed by atoms with Crippen LogP contribution >= 0.6 is 15.9 Å². The van der Waals surface area contributed by atoms with Crippen LogP contribution in [0.1, 0.15) is 5.56 Å². The smallest absolute Gasteiger partial charge is 0.261 e. The van der Waals surface area contributed by atoms with Crippen molar-refractivity contribution in [2.24, 2.45) is 0 Å². The number of nitrogens with zero attached hydrogens (tertiary/aromatic N) is 2. The minimum atomic E-state index is -0.0292. The fourth-order valence-corrected chi connectivity index (χ4v) is 3.23. The first kappa shape index (κ1) is 15.8. The van der Waals surface area contributed by atoms with Crippen LogP contribution in [-0.4, -0.2) is 9.55 Å². The molecule has 3 nitrogen and oxygen atoms in total. The fraction of sp³-hybridized carbons (Fsp3) is 0.0476. The minimum absolute atomic E-state index is 0.0292. The zero-order chi connectivity index (χ0) is 17.2. The second-order valence-electron chi connectivity index (χ2n) is 5.90. The van der Waals surface area contributed by atoms with Crippen molar-refractivity contribution in [2.45, 2.75) is 6.54 Å². The van der Waals surface area contributed by atoms with Crippen LogP contribution in [0.15, 0.2) is 88.4 Å². The van der Waals surface area contributed by atoms with Gasteiger partial charge in [-0.25, -0.2) is 4.98 Å². The molecule has 25 heavy (non-hydrogen) atoms. The van der Waals surface area contributed by atoms with E-state index in [1.54, 1.807) is 10.9 Å². The molecule has 0 unspecified atom stereocenters. The zero-order valence-electron chi connectivity index (χ0n) is 13.4. The summed E-state index contributed by atoms with van der Waals surface area (Å²) in [6.45, 7) is 0.503. The number of hydrogen-bond acceptors (Lipinski definition) is 2. The van der Waals surface area contributed by atoms with Gasteiger partial charge >= 0.3 is 0 Å². The van der Waals surface area contributed by atoms with Crippen molar-refractivity contribution in [1.82, 2.24) is 9.55 Å². The molecule has 0 aliphatic carbocycles. The number of hydrogen-bond donors (Lipinski definition) is 0. The Morgan fingerprint density at radius 2 is 1.60 bits per heavy atom. The number of aromatic nitrogens is 2. The first-order chi connectivity index (χ1) is 12.2. The maximum atomic E-state index is 12.7. The third-order valence-electron chi connectivity index (χ3n) is 4.20. The van der Waals surface area contributed by atoms with Crippen molar-refractivity contribution < 1.29 is 0 Å². The quantitative estimate of drug-likeness (QED) is 0.499. The molecule has 0 atom stereocenters. The van der Waals surface area contributed by atoms with Gasteiger partial charge in [0.15, 0.2) is 0 Å². The van der Waals surface area contributed by atoms with E-state index in [9.17, 15) is 4.79 Å². The van der Waals surface area contributed by atoms with Crippen molar-refractivity contribution in [3.8, 4) is 11.1 Å². The van der Waals surface area contributed by atoms with Gasteiger partial charge < -0.3 is 0 Å². The summed E-state index contributed by atoms with van der Waals surface area (Å²) in [6, 6.07) is 24.1. The molecule has 4 heteroatoms. The molecule has 4 aromatic rings. The van der Waals surface area contributed by atoms with Gasteiger partial charge in [-0.3, -0.25) is 9.36 Å². The highest BCUT2D eigenvalue weighted by molar-refractivity contribution is 9.10. The van der Waals surface area contributed by atoms with Gasteiger partial charge in [0, 0.05) is 4.47 Å². The Morgan fingerprint density at radius 1 is 0.880 bits per heavy atom. The third kappa shape index (κ3) is 3.26. The van der Waals surface area contributed by atoms with Gasteiger partial charge in [0.05, 0.1) is 23.8 Å². The maximum Gasteiger partial charge on any atom is 0.261 e. The molecule has 0 amide bonds. The van der Waals surface area contributed by atoms with Crippen molar-refractivity contribution in [3.05, 3.63) is 99.5 Å². The van der Waals surface area contributed by atoms with E-state index in [0.717, 1.165) is 15.6 Å². The predicted molar refractivity (Wildman–Crippen MR) is 105 cm³/mol. The standard InChI is InChI=1S/C21H15BrN2O/c22-18-10-11-20-19(12-18)21(25)24(14-23-20)13-15-6-8-17(9-7-15)16-4-2-1-3-5-16/h1-12,14H,13H2. The Bertz CT molecular complexity index is 1090. The van der Waals surface area contributed by atoms with E-state index in [1.165, 1.54) is 5.56 Å². The molecule has 0 radical (unpaired) electrons. The molecule has 122 valence electrons. The van der Waals surface area contributed by atoms with Crippen molar-refractivity contribution in [2.75, 3.05) is 0 Å². The van der Waals surface area contributed by atoms with E-state index in [-0.39, 0.29) is 5.56 Å². The minimum Gasteiger partial charge on any atom is -0.294 e. The number of rotatable bonds is 3. The maximum absolute atomic E-state index is 12.7. The Balaban J connectivity index is 1.65. The molecule has 0 aliphatic heterocycles. The van der Waals surface area contributed by atoms with Gasteiger partial charge in [0.1, 0.15) is 0 Å². The molecule has 0 saturated heterocycles. The van der Waals surface area contributed by atoms with E-state index in [1.807, 2.05) is 36.4 Å². The lowest BCUT2D eigenvalue weighted by Gasteiger charge is -2.08. The van der Waals surface area contributed by atoms with Crippen LogP contribution in [0.4, 0.5) is 0 Å². The summed E-state index contributed by atoms with van der Waals surface area (Å²) in [6.07, 6.45) is 1.61. The highest BCUT2D eigenvalue weighted by Gasteiger charge is 2.06. The molecule has 0 spiro atoms. The molecule has 0 saturated carbocycles. The van der Waals surface area contributed by atoms with Crippen LogP contribution in [0.2, 0.25) is 0 Å². The average molecular weight is 391 g/mol. The second-order valence-corrected chi connectivity index (χ2v) is 6.82. The fourth-order valence-electron chi connectivity index (χ4n) is 2.87. The lowest BCUT2D eigenvalue weighted by molar-refractivity contribution is 0.748. The Hall–Kier alpha value is -2.72. The largest absolute Gasteiger partial charge is 0.294 e. The summed E-state index contributed by atoms with van der Waals surface area (Å²) >= 11 is 3.41. The molecule has 1 heterocycles. The van der Waals surface area contributed by atoms with E-state index in [2.05, 4.69) is 57.3 Å².